The van der Waals surface area contributed by atoms with Crippen LogP contribution in [-0.4, -0.2) is 10.2 Å². The van der Waals surface area contributed by atoms with Gasteiger partial charge in [0.2, 0.25) is 3.67 Å². The molecule has 0 aliphatic heterocycles. The number of halogens is 4. The van der Waals surface area contributed by atoms with Gasteiger partial charge >= 0.3 is 0 Å². The van der Waals surface area contributed by atoms with Crippen LogP contribution in [0.3, 0.4) is 0 Å². The molecule has 7 heteroatoms. The minimum Gasteiger partial charge on any atom is -0.150 e. The number of hydrogen-bond donors (Lipinski definition) is 0. The smallest absolute Gasteiger partial charge is 0.150 e. The molecule has 0 saturated carbocycles. The largest absolute Gasteiger partial charge is 0.220 e. The molecule has 0 aliphatic rings. The highest BCUT2D eigenvalue weighted by molar-refractivity contribution is 8.23. The first-order valence-electron chi connectivity index (χ1n) is 2.73. The van der Waals surface area contributed by atoms with E-state index in [0.29, 0.717) is 5.69 Å². The Hall–Kier alpha value is 0.590. The Balaban J connectivity index is 2.96. The van der Waals surface area contributed by atoms with Crippen molar-refractivity contribution in [1.29, 1.82) is 0 Å². The summed E-state index contributed by atoms with van der Waals surface area (Å²) < 4.78 is -1.28. The summed E-state index contributed by atoms with van der Waals surface area (Å²) >= 11 is 17.0. The fourth-order valence-electron chi connectivity index (χ4n) is 0.511. The summed E-state index contributed by atoms with van der Waals surface area (Å²) in [5, 5.41) is 7.52. The van der Waals surface area contributed by atoms with Crippen LogP contribution in [0.1, 0.15) is 5.69 Å². The van der Waals surface area contributed by atoms with Crippen LogP contribution in [0, 0.1) is 0 Å². The first-order chi connectivity index (χ1) is 5.56. The zero-order valence-corrected chi connectivity index (χ0v) is 9.31. The highest BCUT2D eigenvalue weighted by Crippen LogP contribution is 2.45. The Morgan fingerprint density at radius 3 is 2.33 bits per heavy atom. The molecule has 1 heterocycles. The van der Waals surface area contributed by atoms with Crippen molar-refractivity contribution in [2.45, 2.75) is 3.67 Å². The van der Waals surface area contributed by atoms with Crippen molar-refractivity contribution in [2.24, 2.45) is 0 Å². The fourth-order valence-corrected chi connectivity index (χ4v) is 1.24. The van der Waals surface area contributed by atoms with Gasteiger partial charge in [-0.25, -0.2) is 0 Å². The lowest BCUT2D eigenvalue weighted by Crippen LogP contribution is -2.06. The third kappa shape index (κ3) is 2.54. The van der Waals surface area contributed by atoms with Crippen LogP contribution >= 0.6 is 56.5 Å². The van der Waals surface area contributed by atoms with E-state index >= 15 is 0 Å². The van der Waals surface area contributed by atoms with E-state index in [4.69, 9.17) is 45.5 Å². The van der Waals surface area contributed by atoms with Crippen LogP contribution < -0.4 is 0 Å². The molecule has 0 fully saturated rings. The fraction of sp³-hybridized carbons (Fsp3) is 0.200. The van der Waals surface area contributed by atoms with Gasteiger partial charge in [0.25, 0.3) is 0 Å². The van der Waals surface area contributed by atoms with Gasteiger partial charge in [0.05, 0.1) is 0 Å². The van der Waals surface area contributed by atoms with Gasteiger partial charge in [-0.2, -0.15) is 0 Å². The van der Waals surface area contributed by atoms with E-state index in [1.807, 2.05) is 0 Å². The lowest BCUT2D eigenvalue weighted by molar-refractivity contribution is 0.943. The van der Waals surface area contributed by atoms with E-state index in [1.165, 1.54) is 6.07 Å². The molecule has 0 unspecified atom stereocenters. The minimum atomic E-state index is -1.28. The summed E-state index contributed by atoms with van der Waals surface area (Å²) in [4.78, 5) is 0. The molecule has 1 aromatic heterocycles. The van der Waals surface area contributed by atoms with Crippen molar-refractivity contribution in [3.05, 3.63) is 23.0 Å². The lowest BCUT2D eigenvalue weighted by atomic mass is 10.4. The van der Waals surface area contributed by atoms with Crippen molar-refractivity contribution in [1.82, 2.24) is 10.2 Å². The van der Waals surface area contributed by atoms with Crippen LogP contribution in [-0.2, 0) is 3.67 Å². The van der Waals surface area contributed by atoms with Crippen molar-refractivity contribution < 1.29 is 0 Å². The maximum Gasteiger partial charge on any atom is 0.220 e. The summed E-state index contributed by atoms with van der Waals surface area (Å²) in [6.07, 6.45) is 0. The second kappa shape index (κ2) is 4.20. The highest BCUT2D eigenvalue weighted by Gasteiger charge is 2.28. The maximum atomic E-state index is 5.75. The molecule has 0 aliphatic carbocycles. The summed E-state index contributed by atoms with van der Waals surface area (Å²) in [6, 6.07) is 3.10. The molecule has 0 radical (unpaired) electrons. The van der Waals surface area contributed by atoms with Gasteiger partial charge in [0, 0.05) is 0 Å². The van der Waals surface area contributed by atoms with Crippen molar-refractivity contribution in [3.8, 4) is 0 Å². The molecule has 1 aromatic rings. The summed E-state index contributed by atoms with van der Waals surface area (Å²) in [6.45, 7) is 0. The normalized spacial score (nSPS) is 11.7. The van der Waals surface area contributed by atoms with Crippen molar-refractivity contribution >= 4 is 56.5 Å². The van der Waals surface area contributed by atoms with E-state index in [-0.39, 0.29) is 5.15 Å². The molecule has 0 bridgehead atoms. The Morgan fingerprint density at radius 2 is 1.92 bits per heavy atom. The zero-order valence-electron chi connectivity index (χ0n) is 5.47. The first kappa shape index (κ1) is 10.7. The molecule has 1 rings (SSSR count). The third-order valence-electron chi connectivity index (χ3n) is 1.03. The number of rotatable bonds is 2. The lowest BCUT2D eigenvalue weighted by Gasteiger charge is -2.12. The number of alkyl halides is 2. The molecule has 0 spiro atoms. The van der Waals surface area contributed by atoms with Crippen LogP contribution in [0.4, 0.5) is 0 Å². The first-order valence-corrected chi connectivity index (χ1v) is 5.51. The quantitative estimate of drug-likeness (QED) is 0.763. The van der Waals surface area contributed by atoms with Crippen molar-refractivity contribution in [2.75, 3.05) is 0 Å². The maximum absolute atomic E-state index is 5.75. The molecule has 0 atom stereocenters. The Labute approximate surface area is 93.0 Å². The average molecular weight is 264 g/mol. The van der Waals surface area contributed by atoms with Crippen LogP contribution in [0.15, 0.2) is 12.1 Å². The van der Waals surface area contributed by atoms with Crippen LogP contribution in [0.25, 0.3) is 0 Å². The summed E-state index contributed by atoms with van der Waals surface area (Å²) in [7, 11) is 6.16. The highest BCUT2D eigenvalue weighted by atomic mass is 35.7. The molecular weight excluding hydrogens is 262 g/mol. The molecule has 2 nitrogen and oxygen atoms in total. The monoisotopic (exact) mass is 262 g/mol. The second-order valence-corrected chi connectivity index (χ2v) is 5.23. The van der Waals surface area contributed by atoms with E-state index in [2.05, 4.69) is 10.2 Å². The molecule has 66 valence electrons. The standard InChI is InChI=1S/C5H2Cl4N2S/c6-4-2-1-3(10-11-4)5(7,8)12-9/h1-2H. The predicted octanol–water partition coefficient (Wildman–Crippen LogP) is 3.60. The van der Waals surface area contributed by atoms with Gasteiger partial charge in [0.1, 0.15) is 5.69 Å². The summed E-state index contributed by atoms with van der Waals surface area (Å²) in [5.41, 5.74) is 0.357. The molecule has 0 N–H and O–H groups in total. The van der Waals surface area contributed by atoms with E-state index in [9.17, 15) is 0 Å². The molecule has 0 aromatic carbocycles. The van der Waals surface area contributed by atoms with Crippen LogP contribution in [0.2, 0.25) is 5.15 Å². The summed E-state index contributed by atoms with van der Waals surface area (Å²) in [5.74, 6) is 0. The molecule has 0 saturated heterocycles. The van der Waals surface area contributed by atoms with Gasteiger partial charge in [-0.1, -0.05) is 34.8 Å². The SMILES string of the molecule is ClSC(Cl)(Cl)c1ccc(Cl)nn1. The van der Waals surface area contributed by atoms with Gasteiger partial charge in [-0.15, -0.1) is 10.2 Å². The van der Waals surface area contributed by atoms with Crippen LogP contribution in [0.5, 0.6) is 0 Å². The molecular formula is C5H2Cl4N2S. The van der Waals surface area contributed by atoms with E-state index in [0.717, 1.165) is 11.0 Å². The number of hydrogen-bond acceptors (Lipinski definition) is 3. The zero-order chi connectivity index (χ0) is 9.19. The Bertz CT molecular complexity index is 263. The van der Waals surface area contributed by atoms with E-state index in [1.54, 1.807) is 6.07 Å². The topological polar surface area (TPSA) is 25.8 Å². The third-order valence-corrected chi connectivity index (χ3v) is 3.65. The Morgan fingerprint density at radius 1 is 1.25 bits per heavy atom. The molecule has 12 heavy (non-hydrogen) atoms. The number of nitrogens with zero attached hydrogens (tertiary/aromatic N) is 2. The number of aromatic nitrogens is 2. The van der Waals surface area contributed by atoms with Gasteiger partial charge in [-0.05, 0) is 33.8 Å². The average Bonchev–Trinajstić information content (AvgIpc) is 2.05. The van der Waals surface area contributed by atoms with E-state index < -0.39 is 3.67 Å². The Kier molecular flexibility index (Phi) is 3.74. The van der Waals surface area contributed by atoms with Crippen molar-refractivity contribution in [3.63, 3.8) is 0 Å². The van der Waals surface area contributed by atoms with Gasteiger partial charge in [-0.3, -0.25) is 0 Å². The van der Waals surface area contributed by atoms with Gasteiger partial charge in [0.15, 0.2) is 5.15 Å². The predicted molar refractivity (Wildman–Crippen MR) is 53.9 cm³/mol. The van der Waals surface area contributed by atoms with Gasteiger partial charge < -0.3 is 0 Å². The second-order valence-electron chi connectivity index (χ2n) is 1.84. The molecule has 0 amide bonds. The minimum absolute atomic E-state index is 0.280.